The molecule has 0 bridgehead atoms. The van der Waals surface area contributed by atoms with E-state index in [1.165, 1.54) is 12.3 Å². The molecule has 0 saturated heterocycles. The van der Waals surface area contributed by atoms with Gasteiger partial charge in [0.15, 0.2) is 0 Å². The number of imidazole rings is 1. The molecule has 7 heteroatoms. The first-order valence-electron chi connectivity index (χ1n) is 7.95. The summed E-state index contributed by atoms with van der Waals surface area (Å²) >= 11 is 0. The van der Waals surface area contributed by atoms with E-state index in [0.717, 1.165) is 24.2 Å². The van der Waals surface area contributed by atoms with Crippen LogP contribution in [-0.4, -0.2) is 19.7 Å². The predicted molar refractivity (Wildman–Crippen MR) is 87.6 cm³/mol. The Bertz CT molecular complexity index is 834. The highest BCUT2D eigenvalue weighted by atomic mass is 19.3. The second kappa shape index (κ2) is 7.46. The first-order valence-corrected chi connectivity index (χ1v) is 7.95. The van der Waals surface area contributed by atoms with Crippen LogP contribution in [0.25, 0.3) is 11.1 Å². The van der Waals surface area contributed by atoms with Crippen molar-refractivity contribution in [1.29, 1.82) is 0 Å². The van der Waals surface area contributed by atoms with Gasteiger partial charge < -0.3 is 4.57 Å². The summed E-state index contributed by atoms with van der Waals surface area (Å²) in [6.07, 6.45) is 5.50. The molecule has 25 heavy (non-hydrogen) atoms. The van der Waals surface area contributed by atoms with Crippen molar-refractivity contribution in [2.24, 2.45) is 0 Å². The first-order chi connectivity index (χ1) is 12.1. The Balaban J connectivity index is 1.88. The number of nitrogens with zero attached hydrogens (tertiary/aromatic N) is 4. The summed E-state index contributed by atoms with van der Waals surface area (Å²) in [6, 6.07) is 5.66. The van der Waals surface area contributed by atoms with Crippen LogP contribution in [-0.2, 0) is 6.42 Å². The van der Waals surface area contributed by atoms with Crippen LogP contribution >= 0.6 is 0 Å². The lowest BCUT2D eigenvalue weighted by Crippen LogP contribution is -2.10. The molecule has 2 heterocycles. The fourth-order valence-corrected chi connectivity index (χ4v) is 2.75. The fraction of sp³-hybridized carbons (Fsp3) is 0.278. The van der Waals surface area contributed by atoms with Crippen molar-refractivity contribution in [1.82, 2.24) is 19.7 Å². The number of hydrogen-bond acceptors (Lipinski definition) is 3. The third-order valence-electron chi connectivity index (χ3n) is 4.13. The summed E-state index contributed by atoms with van der Waals surface area (Å²) in [5, 5.41) is 8.10. The standard InChI is InChI=1S/C18H17F3N4/c1-2-15(25-6-5-22-11-25)9-14-7-13(10-23-24-14)12-3-4-17(19)16(8-12)18(20)21/h3-8,10-11,15,18H,2,9H2,1H3. The van der Waals surface area contributed by atoms with Crippen LogP contribution in [0.3, 0.4) is 0 Å². The van der Waals surface area contributed by atoms with E-state index in [0.29, 0.717) is 17.5 Å². The molecule has 0 amide bonds. The zero-order valence-corrected chi connectivity index (χ0v) is 13.6. The molecule has 0 aliphatic heterocycles. The third kappa shape index (κ3) is 3.87. The molecule has 0 saturated carbocycles. The summed E-state index contributed by atoms with van der Waals surface area (Å²) in [5.41, 5.74) is 1.25. The average molecular weight is 346 g/mol. The van der Waals surface area contributed by atoms with E-state index >= 15 is 0 Å². The van der Waals surface area contributed by atoms with Gasteiger partial charge in [-0.3, -0.25) is 0 Å². The van der Waals surface area contributed by atoms with E-state index in [4.69, 9.17) is 0 Å². The van der Waals surface area contributed by atoms with Gasteiger partial charge in [0.25, 0.3) is 6.43 Å². The SMILES string of the molecule is CCC(Cc1cc(-c2ccc(F)c(C(F)F)c2)cnn1)n1ccnc1. The zero-order chi connectivity index (χ0) is 17.8. The molecule has 0 spiro atoms. The minimum absolute atomic E-state index is 0.178. The van der Waals surface area contributed by atoms with Crippen LogP contribution in [0.15, 0.2) is 49.2 Å². The van der Waals surface area contributed by atoms with Crippen molar-refractivity contribution >= 4 is 0 Å². The zero-order valence-electron chi connectivity index (χ0n) is 13.6. The van der Waals surface area contributed by atoms with Crippen molar-refractivity contribution < 1.29 is 13.2 Å². The molecule has 0 N–H and O–H groups in total. The molecule has 0 fully saturated rings. The number of aromatic nitrogens is 4. The van der Waals surface area contributed by atoms with E-state index < -0.39 is 17.8 Å². The maximum atomic E-state index is 13.5. The van der Waals surface area contributed by atoms with Crippen molar-refractivity contribution in [3.05, 3.63) is 66.3 Å². The Labute approximate surface area is 143 Å². The van der Waals surface area contributed by atoms with E-state index in [9.17, 15) is 13.2 Å². The van der Waals surface area contributed by atoms with Crippen LogP contribution in [0.1, 0.15) is 37.1 Å². The van der Waals surface area contributed by atoms with Gasteiger partial charge in [-0.2, -0.15) is 10.2 Å². The van der Waals surface area contributed by atoms with E-state index in [1.54, 1.807) is 18.6 Å². The van der Waals surface area contributed by atoms with E-state index in [-0.39, 0.29) is 6.04 Å². The van der Waals surface area contributed by atoms with Gasteiger partial charge >= 0.3 is 0 Å². The summed E-state index contributed by atoms with van der Waals surface area (Å²) in [7, 11) is 0. The van der Waals surface area contributed by atoms with Gasteiger partial charge in [0.1, 0.15) is 5.82 Å². The highest BCUT2D eigenvalue weighted by Gasteiger charge is 2.15. The Kier molecular flexibility index (Phi) is 5.11. The van der Waals surface area contributed by atoms with Gasteiger partial charge in [-0.05, 0) is 30.2 Å². The molecule has 130 valence electrons. The predicted octanol–water partition coefficient (Wildman–Crippen LogP) is 4.61. The topological polar surface area (TPSA) is 43.6 Å². The normalized spacial score (nSPS) is 12.5. The van der Waals surface area contributed by atoms with Crippen LogP contribution in [0.4, 0.5) is 13.2 Å². The maximum Gasteiger partial charge on any atom is 0.266 e. The van der Waals surface area contributed by atoms with Crippen LogP contribution in [0.2, 0.25) is 0 Å². The Morgan fingerprint density at radius 3 is 2.68 bits per heavy atom. The van der Waals surface area contributed by atoms with Crippen LogP contribution in [0.5, 0.6) is 0 Å². The lowest BCUT2D eigenvalue weighted by atomic mass is 10.0. The Hall–Kier alpha value is -2.70. The molecule has 1 aromatic carbocycles. The quantitative estimate of drug-likeness (QED) is 0.655. The number of halogens is 3. The summed E-state index contributed by atoms with van der Waals surface area (Å²) in [4.78, 5) is 4.05. The van der Waals surface area contributed by atoms with Crippen molar-refractivity contribution in [2.45, 2.75) is 32.2 Å². The lowest BCUT2D eigenvalue weighted by molar-refractivity contribution is 0.146. The largest absolute Gasteiger partial charge is 0.334 e. The van der Waals surface area contributed by atoms with Gasteiger partial charge in [-0.1, -0.05) is 13.0 Å². The third-order valence-corrected chi connectivity index (χ3v) is 4.13. The monoisotopic (exact) mass is 346 g/mol. The Morgan fingerprint density at radius 1 is 1.16 bits per heavy atom. The molecule has 0 radical (unpaired) electrons. The molecule has 2 aromatic heterocycles. The minimum Gasteiger partial charge on any atom is -0.334 e. The second-order valence-corrected chi connectivity index (χ2v) is 5.75. The summed E-state index contributed by atoms with van der Waals surface area (Å²) in [6.45, 7) is 2.07. The molecule has 1 unspecified atom stereocenters. The fourth-order valence-electron chi connectivity index (χ4n) is 2.75. The lowest BCUT2D eigenvalue weighted by Gasteiger charge is -2.16. The second-order valence-electron chi connectivity index (χ2n) is 5.75. The number of rotatable bonds is 6. The van der Waals surface area contributed by atoms with E-state index in [1.807, 2.05) is 10.8 Å². The van der Waals surface area contributed by atoms with Crippen molar-refractivity contribution in [3.63, 3.8) is 0 Å². The van der Waals surface area contributed by atoms with Gasteiger partial charge in [-0.15, -0.1) is 0 Å². The number of hydrogen-bond donors (Lipinski definition) is 0. The maximum absolute atomic E-state index is 13.5. The molecular weight excluding hydrogens is 329 g/mol. The van der Waals surface area contributed by atoms with Gasteiger partial charge in [0.2, 0.25) is 0 Å². The van der Waals surface area contributed by atoms with Crippen LogP contribution < -0.4 is 0 Å². The summed E-state index contributed by atoms with van der Waals surface area (Å²) < 4.78 is 41.3. The van der Waals surface area contributed by atoms with Crippen molar-refractivity contribution in [3.8, 4) is 11.1 Å². The molecule has 0 aliphatic carbocycles. The van der Waals surface area contributed by atoms with Crippen molar-refractivity contribution in [2.75, 3.05) is 0 Å². The van der Waals surface area contributed by atoms with E-state index in [2.05, 4.69) is 22.1 Å². The minimum atomic E-state index is -2.86. The molecular formula is C18H17F3N4. The van der Waals surface area contributed by atoms with Gasteiger partial charge in [0, 0.05) is 30.4 Å². The smallest absolute Gasteiger partial charge is 0.266 e. The van der Waals surface area contributed by atoms with Gasteiger partial charge in [-0.25, -0.2) is 18.2 Å². The van der Waals surface area contributed by atoms with Gasteiger partial charge in [0.05, 0.1) is 23.8 Å². The Morgan fingerprint density at radius 2 is 2.00 bits per heavy atom. The average Bonchev–Trinajstić information content (AvgIpc) is 3.14. The van der Waals surface area contributed by atoms with Crippen LogP contribution in [0, 0.1) is 5.82 Å². The number of alkyl halides is 2. The number of benzene rings is 1. The molecule has 1 atom stereocenters. The summed E-state index contributed by atoms with van der Waals surface area (Å²) in [5.74, 6) is -0.910. The molecule has 4 nitrogen and oxygen atoms in total. The molecule has 0 aliphatic rings. The molecule has 3 rings (SSSR count). The highest BCUT2D eigenvalue weighted by Crippen LogP contribution is 2.28. The highest BCUT2D eigenvalue weighted by molar-refractivity contribution is 5.63. The first kappa shape index (κ1) is 17.1. The molecule has 3 aromatic rings.